The fourth-order valence-electron chi connectivity index (χ4n) is 2.91. The zero-order valence-electron chi connectivity index (χ0n) is 11.8. The van der Waals surface area contributed by atoms with Gasteiger partial charge in [0.25, 0.3) is 0 Å². The van der Waals surface area contributed by atoms with Crippen LogP contribution >= 0.6 is 23.2 Å². The van der Waals surface area contributed by atoms with Crippen LogP contribution in [0, 0.1) is 11.8 Å². The van der Waals surface area contributed by atoms with Crippen LogP contribution in [0.25, 0.3) is 0 Å². The number of hydrogen-bond donors (Lipinski definition) is 1. The van der Waals surface area contributed by atoms with Gasteiger partial charge >= 0.3 is 0 Å². The molecule has 0 aromatic heterocycles. The highest BCUT2D eigenvalue weighted by molar-refractivity contribution is 6.35. The zero-order valence-corrected chi connectivity index (χ0v) is 13.3. The molecule has 1 aliphatic rings. The molecule has 20 heavy (non-hydrogen) atoms. The molecule has 1 aliphatic heterocycles. The van der Waals surface area contributed by atoms with Crippen LogP contribution in [0.1, 0.15) is 20.3 Å². The summed E-state index contributed by atoms with van der Waals surface area (Å²) in [4.78, 5) is 14.3. The van der Waals surface area contributed by atoms with Crippen molar-refractivity contribution in [1.29, 1.82) is 0 Å². The minimum absolute atomic E-state index is 0.0459. The number of benzene rings is 1. The van der Waals surface area contributed by atoms with Gasteiger partial charge in [0.1, 0.15) is 0 Å². The average molecular weight is 315 g/mol. The molecule has 1 amide bonds. The van der Waals surface area contributed by atoms with Crippen molar-refractivity contribution in [1.82, 2.24) is 4.90 Å². The van der Waals surface area contributed by atoms with E-state index in [1.807, 2.05) is 0 Å². The third-order valence-corrected chi connectivity index (χ3v) is 4.08. The molecule has 2 atom stereocenters. The lowest BCUT2D eigenvalue weighted by atomic mass is 9.92. The van der Waals surface area contributed by atoms with Crippen LogP contribution in [0.2, 0.25) is 10.0 Å². The van der Waals surface area contributed by atoms with Gasteiger partial charge in [0.2, 0.25) is 5.91 Å². The Labute approximate surface area is 130 Å². The van der Waals surface area contributed by atoms with E-state index in [0.717, 1.165) is 13.1 Å². The first-order chi connectivity index (χ1) is 9.44. The number of piperidine rings is 1. The Hall–Kier alpha value is -0.770. The van der Waals surface area contributed by atoms with Crippen molar-refractivity contribution >= 4 is 34.8 Å². The van der Waals surface area contributed by atoms with E-state index >= 15 is 0 Å². The molecule has 1 N–H and O–H groups in total. The van der Waals surface area contributed by atoms with Crippen molar-refractivity contribution in [2.24, 2.45) is 11.8 Å². The number of hydrogen-bond acceptors (Lipinski definition) is 2. The first-order valence-corrected chi connectivity index (χ1v) is 7.67. The summed E-state index contributed by atoms with van der Waals surface area (Å²) in [6.07, 6.45) is 1.23. The molecule has 1 aromatic rings. The minimum atomic E-state index is -0.0459. The molecule has 2 rings (SSSR count). The Morgan fingerprint density at radius 3 is 2.60 bits per heavy atom. The van der Waals surface area contributed by atoms with Crippen LogP contribution in [0.4, 0.5) is 5.69 Å². The van der Waals surface area contributed by atoms with Crippen molar-refractivity contribution in [2.45, 2.75) is 20.3 Å². The van der Waals surface area contributed by atoms with Crippen molar-refractivity contribution in [2.75, 3.05) is 25.0 Å². The van der Waals surface area contributed by atoms with Gasteiger partial charge < -0.3 is 5.32 Å². The van der Waals surface area contributed by atoms with E-state index in [1.165, 1.54) is 6.42 Å². The predicted octanol–water partition coefficient (Wildman–Crippen LogP) is 3.91. The van der Waals surface area contributed by atoms with E-state index in [9.17, 15) is 4.79 Å². The molecular formula is C15H20Cl2N2O. The predicted molar refractivity (Wildman–Crippen MR) is 84.5 cm³/mol. The molecule has 3 nitrogen and oxygen atoms in total. The number of anilines is 1. The first-order valence-electron chi connectivity index (χ1n) is 6.91. The highest BCUT2D eigenvalue weighted by Gasteiger charge is 2.23. The number of nitrogens with one attached hydrogen (secondary N) is 1. The van der Waals surface area contributed by atoms with Crippen LogP contribution in [0.15, 0.2) is 18.2 Å². The van der Waals surface area contributed by atoms with Gasteiger partial charge in [0.15, 0.2) is 0 Å². The van der Waals surface area contributed by atoms with Gasteiger partial charge in [-0.05, 0) is 36.5 Å². The third-order valence-electron chi connectivity index (χ3n) is 3.51. The van der Waals surface area contributed by atoms with E-state index in [0.29, 0.717) is 34.1 Å². The lowest BCUT2D eigenvalue weighted by Crippen LogP contribution is -2.42. The molecule has 1 saturated heterocycles. The summed E-state index contributed by atoms with van der Waals surface area (Å²) in [6.45, 7) is 6.81. The summed E-state index contributed by atoms with van der Waals surface area (Å²) in [5.41, 5.74) is 0.572. The number of amides is 1. The topological polar surface area (TPSA) is 32.3 Å². The second-order valence-electron chi connectivity index (χ2n) is 5.81. The van der Waals surface area contributed by atoms with Gasteiger partial charge in [-0.1, -0.05) is 37.0 Å². The van der Waals surface area contributed by atoms with Gasteiger partial charge in [0.05, 0.1) is 17.3 Å². The highest BCUT2D eigenvalue weighted by atomic mass is 35.5. The van der Waals surface area contributed by atoms with Gasteiger partial charge in [-0.2, -0.15) is 0 Å². The van der Waals surface area contributed by atoms with Crippen molar-refractivity contribution in [3.8, 4) is 0 Å². The van der Waals surface area contributed by atoms with E-state index in [-0.39, 0.29) is 5.91 Å². The fourth-order valence-corrected chi connectivity index (χ4v) is 3.24. The Bertz CT molecular complexity index is 483. The average Bonchev–Trinajstić information content (AvgIpc) is 2.32. The number of likely N-dealkylation sites (tertiary alicyclic amines) is 1. The van der Waals surface area contributed by atoms with E-state index in [1.54, 1.807) is 18.2 Å². The van der Waals surface area contributed by atoms with Crippen LogP contribution in [-0.2, 0) is 4.79 Å². The third kappa shape index (κ3) is 4.37. The maximum Gasteiger partial charge on any atom is 0.238 e. The molecule has 0 bridgehead atoms. The molecule has 0 spiro atoms. The molecule has 110 valence electrons. The summed E-state index contributed by atoms with van der Waals surface area (Å²) in [7, 11) is 0. The van der Waals surface area contributed by atoms with Crippen molar-refractivity contribution < 1.29 is 4.79 Å². The second-order valence-corrected chi connectivity index (χ2v) is 6.66. The van der Waals surface area contributed by atoms with E-state index in [2.05, 4.69) is 24.1 Å². The van der Waals surface area contributed by atoms with Crippen molar-refractivity contribution in [3.63, 3.8) is 0 Å². The Balaban J connectivity index is 1.93. The minimum Gasteiger partial charge on any atom is -0.324 e. The van der Waals surface area contributed by atoms with Gasteiger partial charge in [-0.3, -0.25) is 9.69 Å². The molecule has 0 unspecified atom stereocenters. The first kappa shape index (κ1) is 15.6. The molecular weight excluding hydrogens is 295 g/mol. The molecule has 1 heterocycles. The van der Waals surface area contributed by atoms with Crippen LogP contribution < -0.4 is 5.32 Å². The molecule has 0 aliphatic carbocycles. The summed E-state index contributed by atoms with van der Waals surface area (Å²) in [6, 6.07) is 5.06. The molecule has 1 aromatic carbocycles. The number of carbonyl (C=O) groups is 1. The Morgan fingerprint density at radius 1 is 1.30 bits per heavy atom. The van der Waals surface area contributed by atoms with Gasteiger partial charge in [-0.15, -0.1) is 0 Å². The van der Waals surface area contributed by atoms with E-state index < -0.39 is 0 Å². The highest BCUT2D eigenvalue weighted by Crippen LogP contribution is 2.25. The molecule has 5 heteroatoms. The Morgan fingerprint density at radius 2 is 1.95 bits per heavy atom. The van der Waals surface area contributed by atoms with Crippen LogP contribution in [0.3, 0.4) is 0 Å². The number of halogens is 2. The summed E-state index contributed by atoms with van der Waals surface area (Å²) in [5, 5.41) is 3.89. The summed E-state index contributed by atoms with van der Waals surface area (Å²) >= 11 is 12.0. The van der Waals surface area contributed by atoms with Gasteiger partial charge in [-0.25, -0.2) is 0 Å². The second kappa shape index (κ2) is 6.79. The normalized spacial score (nSPS) is 23.6. The quantitative estimate of drug-likeness (QED) is 0.917. The lowest BCUT2D eigenvalue weighted by molar-refractivity contribution is -0.117. The molecule has 0 saturated carbocycles. The molecule has 1 fully saturated rings. The Kier molecular flexibility index (Phi) is 5.30. The number of rotatable bonds is 3. The summed E-state index contributed by atoms with van der Waals surface area (Å²) < 4.78 is 0. The SMILES string of the molecule is C[C@@H]1C[C@@H](C)CN(CC(=O)Nc2cc(Cl)ccc2Cl)C1. The van der Waals surface area contributed by atoms with Crippen LogP contribution in [-0.4, -0.2) is 30.4 Å². The van der Waals surface area contributed by atoms with Crippen LogP contribution in [0.5, 0.6) is 0 Å². The monoisotopic (exact) mass is 314 g/mol. The maximum atomic E-state index is 12.1. The van der Waals surface area contributed by atoms with Crippen molar-refractivity contribution in [3.05, 3.63) is 28.2 Å². The standard InChI is InChI=1S/C15H20Cl2N2O/c1-10-5-11(2)8-19(7-10)9-15(20)18-14-6-12(16)3-4-13(14)17/h3-4,6,10-11H,5,7-9H2,1-2H3,(H,18,20)/t10-,11-/m1/s1. The lowest BCUT2D eigenvalue weighted by Gasteiger charge is -2.34. The van der Waals surface area contributed by atoms with Gasteiger partial charge in [0, 0.05) is 18.1 Å². The smallest absolute Gasteiger partial charge is 0.238 e. The fraction of sp³-hybridized carbons (Fsp3) is 0.533. The van der Waals surface area contributed by atoms with E-state index in [4.69, 9.17) is 23.2 Å². The largest absolute Gasteiger partial charge is 0.324 e. The summed E-state index contributed by atoms with van der Waals surface area (Å²) in [5.74, 6) is 1.23. The molecule has 0 radical (unpaired) electrons. The maximum absolute atomic E-state index is 12.1. The number of nitrogens with zero attached hydrogens (tertiary/aromatic N) is 1. The zero-order chi connectivity index (χ0) is 14.7. The number of carbonyl (C=O) groups excluding carboxylic acids is 1.